The van der Waals surface area contributed by atoms with Crippen LogP contribution in [-0.4, -0.2) is 42.6 Å². The molecule has 0 saturated heterocycles. The fourth-order valence-electron chi connectivity index (χ4n) is 0.419. The quantitative estimate of drug-likeness (QED) is 0.576. The lowest BCUT2D eigenvalue weighted by atomic mass is 10.8. The minimum atomic E-state index is -1.11. The van der Waals surface area contributed by atoms with Gasteiger partial charge in [-0.2, -0.15) is 0 Å². The highest BCUT2D eigenvalue weighted by molar-refractivity contribution is 8.32. The van der Waals surface area contributed by atoms with E-state index >= 15 is 0 Å². The fourth-order valence-corrected chi connectivity index (χ4v) is 1.02. The molecule has 4 heteroatoms. The van der Waals surface area contributed by atoms with Crippen molar-refractivity contribution >= 4 is 10.0 Å². The van der Waals surface area contributed by atoms with E-state index in [9.17, 15) is 0 Å². The molecule has 1 atom stereocenters. The second-order valence-corrected chi connectivity index (χ2v) is 7.65. The Kier molecular flexibility index (Phi) is 4.28. The van der Waals surface area contributed by atoms with Crippen LogP contribution in [0, 0.1) is 0 Å². The lowest BCUT2D eigenvalue weighted by Gasteiger charge is -2.24. The van der Waals surface area contributed by atoms with E-state index in [1.165, 1.54) is 0 Å². The summed E-state index contributed by atoms with van der Waals surface area (Å²) in [4.78, 5) is 0. The molecule has 0 aliphatic heterocycles. The van der Waals surface area contributed by atoms with Crippen molar-refractivity contribution in [3.8, 4) is 0 Å². The van der Waals surface area contributed by atoms with E-state index in [2.05, 4.69) is 18.8 Å². The molecule has 0 aliphatic rings. The van der Waals surface area contributed by atoms with Crippen molar-refractivity contribution in [2.45, 2.75) is 6.41 Å². The summed E-state index contributed by atoms with van der Waals surface area (Å²) in [5, 5.41) is 8.51. The van der Waals surface area contributed by atoms with Crippen molar-refractivity contribution in [3.05, 3.63) is 0 Å². The Morgan fingerprint density at radius 2 is 2.00 bits per heavy atom. The number of ether oxygens (including phenoxy) is 1. The average Bonchev–Trinajstić information content (AvgIpc) is 1.59. The zero-order valence-corrected chi connectivity index (χ0v) is 7.65. The third kappa shape index (κ3) is 8.23. The maximum atomic E-state index is 8.51. The van der Waals surface area contributed by atoms with Crippen LogP contribution >= 0.6 is 10.0 Å². The van der Waals surface area contributed by atoms with Crippen molar-refractivity contribution in [2.24, 2.45) is 5.73 Å². The zero-order valence-electron chi connectivity index (χ0n) is 6.83. The van der Waals surface area contributed by atoms with Crippen LogP contribution in [0.1, 0.15) is 0 Å². The smallest absolute Gasteiger partial charge is 0.210 e. The van der Waals surface area contributed by atoms with E-state index in [-0.39, 0.29) is 0 Å². The summed E-state index contributed by atoms with van der Waals surface area (Å²) >= 11 is 0. The maximum absolute atomic E-state index is 8.51. The van der Waals surface area contributed by atoms with Crippen LogP contribution in [0.2, 0.25) is 0 Å². The van der Waals surface area contributed by atoms with Crippen LogP contribution in [0.25, 0.3) is 0 Å². The first-order valence-corrected chi connectivity index (χ1v) is 6.16. The predicted octanol–water partition coefficient (Wildman–Crippen LogP) is -0.0684. The first-order chi connectivity index (χ1) is 4.42. The normalized spacial score (nSPS) is 16.9. The van der Waals surface area contributed by atoms with Crippen molar-refractivity contribution in [1.82, 2.24) is 0 Å². The Labute approximate surface area is 63.9 Å². The topological polar surface area (TPSA) is 55.5 Å². The molecule has 0 aromatic rings. The number of hydrogen-bond acceptors (Lipinski definition) is 3. The fraction of sp³-hybridized carbons (Fsp3) is 1.00. The minimum Gasteiger partial charge on any atom is -0.356 e. The third-order valence-corrected chi connectivity index (χ3v) is 2.38. The van der Waals surface area contributed by atoms with E-state index in [1.807, 2.05) is 0 Å². The van der Waals surface area contributed by atoms with E-state index in [4.69, 9.17) is 15.6 Å². The van der Waals surface area contributed by atoms with Crippen LogP contribution in [-0.2, 0) is 4.74 Å². The van der Waals surface area contributed by atoms with Gasteiger partial charge >= 0.3 is 0 Å². The molecule has 3 nitrogen and oxygen atoms in total. The molecule has 3 N–H and O–H groups in total. The Bertz CT molecular complexity index is 90.2. The van der Waals surface area contributed by atoms with Gasteiger partial charge < -0.3 is 9.84 Å². The van der Waals surface area contributed by atoms with Crippen molar-refractivity contribution in [3.63, 3.8) is 0 Å². The summed E-state index contributed by atoms with van der Waals surface area (Å²) < 4.78 is 4.77. The molecule has 0 aromatic carbocycles. The maximum Gasteiger partial charge on any atom is 0.210 e. The van der Waals surface area contributed by atoms with Gasteiger partial charge in [-0.05, 0) is 18.8 Å². The van der Waals surface area contributed by atoms with Crippen LogP contribution in [0.5, 0.6) is 0 Å². The minimum absolute atomic E-state index is 0.511. The van der Waals surface area contributed by atoms with Gasteiger partial charge in [0.05, 0.1) is 6.61 Å². The standard InChI is InChI=1S/C6H17NO2S/c1-10(2,3)5-4-9-6(7)8/h6,8H,4-5,7H2,1-3H3. The number of rotatable bonds is 4. The van der Waals surface area contributed by atoms with Crippen LogP contribution in [0.3, 0.4) is 0 Å². The van der Waals surface area contributed by atoms with E-state index in [0.29, 0.717) is 6.61 Å². The Morgan fingerprint density at radius 1 is 1.50 bits per heavy atom. The SMILES string of the molecule is CS(C)(C)CCOC(N)O. The summed E-state index contributed by atoms with van der Waals surface area (Å²) in [6.07, 6.45) is 5.47. The molecule has 0 radical (unpaired) electrons. The summed E-state index contributed by atoms with van der Waals surface area (Å²) in [5.41, 5.74) is 4.96. The van der Waals surface area contributed by atoms with E-state index in [1.54, 1.807) is 0 Å². The highest BCUT2D eigenvalue weighted by Crippen LogP contribution is 2.33. The summed E-state index contributed by atoms with van der Waals surface area (Å²) in [5.74, 6) is 0.987. The highest BCUT2D eigenvalue weighted by Gasteiger charge is 2.04. The van der Waals surface area contributed by atoms with Gasteiger partial charge in [0.2, 0.25) is 6.41 Å². The van der Waals surface area contributed by atoms with Gasteiger partial charge in [-0.3, -0.25) is 5.73 Å². The van der Waals surface area contributed by atoms with Gasteiger partial charge in [-0.25, -0.2) is 10.0 Å². The van der Waals surface area contributed by atoms with Crippen molar-refractivity contribution < 1.29 is 9.84 Å². The van der Waals surface area contributed by atoms with Gasteiger partial charge in [0, 0.05) is 5.75 Å². The summed E-state index contributed by atoms with van der Waals surface area (Å²) in [7, 11) is -0.511. The molecule has 0 rings (SSSR count). The molecule has 1 unspecified atom stereocenters. The lowest BCUT2D eigenvalue weighted by Crippen LogP contribution is -2.24. The van der Waals surface area contributed by atoms with Gasteiger partial charge in [0.15, 0.2) is 0 Å². The molecular weight excluding hydrogens is 150 g/mol. The molecule has 0 fully saturated rings. The van der Waals surface area contributed by atoms with Gasteiger partial charge in [0.25, 0.3) is 0 Å². The first kappa shape index (κ1) is 10.2. The highest BCUT2D eigenvalue weighted by atomic mass is 32.3. The largest absolute Gasteiger partial charge is 0.356 e. The van der Waals surface area contributed by atoms with Gasteiger partial charge in [-0.15, -0.1) is 0 Å². The van der Waals surface area contributed by atoms with Crippen LogP contribution in [0.15, 0.2) is 0 Å². The molecule has 0 aliphatic carbocycles. The van der Waals surface area contributed by atoms with Crippen molar-refractivity contribution in [2.75, 3.05) is 31.1 Å². The Morgan fingerprint density at radius 3 is 2.30 bits per heavy atom. The van der Waals surface area contributed by atoms with Crippen LogP contribution in [0.4, 0.5) is 0 Å². The molecule has 0 spiro atoms. The average molecular weight is 167 g/mol. The number of aliphatic hydroxyl groups is 1. The monoisotopic (exact) mass is 167 g/mol. The van der Waals surface area contributed by atoms with Gasteiger partial charge in [0.1, 0.15) is 0 Å². The van der Waals surface area contributed by atoms with Gasteiger partial charge in [-0.1, -0.05) is 0 Å². The second kappa shape index (κ2) is 4.18. The van der Waals surface area contributed by atoms with Crippen LogP contribution < -0.4 is 5.73 Å². The van der Waals surface area contributed by atoms with E-state index < -0.39 is 16.4 Å². The number of aliphatic hydroxyl groups excluding tert-OH is 1. The summed E-state index contributed by atoms with van der Waals surface area (Å²) in [6.45, 7) is 0.552. The molecule has 0 amide bonds. The molecular formula is C6H17NO2S. The third-order valence-electron chi connectivity index (χ3n) is 0.984. The molecule has 0 bridgehead atoms. The Hall–Kier alpha value is 0.230. The number of nitrogens with two attached hydrogens (primary N) is 1. The number of hydrogen-bond donors (Lipinski definition) is 2. The molecule has 10 heavy (non-hydrogen) atoms. The van der Waals surface area contributed by atoms with E-state index in [0.717, 1.165) is 5.75 Å². The predicted molar refractivity (Wildman–Crippen MR) is 46.4 cm³/mol. The molecule has 0 aromatic heterocycles. The first-order valence-electron chi connectivity index (χ1n) is 3.13. The second-order valence-electron chi connectivity index (χ2n) is 3.06. The van der Waals surface area contributed by atoms with Crippen molar-refractivity contribution in [1.29, 1.82) is 0 Å². The summed E-state index contributed by atoms with van der Waals surface area (Å²) in [6, 6.07) is 0. The molecule has 0 heterocycles. The molecule has 0 saturated carbocycles. The Balaban J connectivity index is 3.21. The zero-order chi connectivity index (χ0) is 8.20. The lowest BCUT2D eigenvalue weighted by molar-refractivity contribution is -0.0881. The molecule has 64 valence electrons.